The monoisotopic (exact) mass is 648 g/mol. The number of hydrogen-bond acceptors (Lipinski definition) is 5. The highest BCUT2D eigenvalue weighted by atomic mass is 32.2. The van der Waals surface area contributed by atoms with Crippen LogP contribution in [0.5, 0.6) is 0 Å². The summed E-state index contributed by atoms with van der Waals surface area (Å²) in [6, 6.07) is 18.3. The summed E-state index contributed by atoms with van der Waals surface area (Å²) in [6.45, 7) is 3.22. The molecule has 4 aliphatic rings. The Morgan fingerprint density at radius 2 is 1.42 bits per heavy atom. The van der Waals surface area contributed by atoms with E-state index >= 15 is 26.3 Å². The molecule has 0 unspecified atom stereocenters. The summed E-state index contributed by atoms with van der Waals surface area (Å²) in [5, 5.41) is 1.69. The van der Waals surface area contributed by atoms with Crippen LogP contribution in [0.4, 0.5) is 26.3 Å². The summed E-state index contributed by atoms with van der Waals surface area (Å²) in [4.78, 5) is 0.708. The van der Waals surface area contributed by atoms with Gasteiger partial charge < -0.3 is 9.47 Å². The first kappa shape index (κ1) is 28.1. The van der Waals surface area contributed by atoms with Crippen LogP contribution < -0.4 is 0 Å². The molecule has 0 spiro atoms. The van der Waals surface area contributed by atoms with E-state index in [2.05, 4.69) is 0 Å². The molecule has 0 amide bonds. The molecule has 0 radical (unpaired) electrons. The molecule has 222 valence electrons. The lowest BCUT2D eigenvalue weighted by Gasteiger charge is -2.53. The van der Waals surface area contributed by atoms with Crippen molar-refractivity contribution in [2.75, 3.05) is 13.9 Å². The van der Waals surface area contributed by atoms with Crippen molar-refractivity contribution in [2.45, 2.75) is 58.3 Å². The number of hydrogen-bond donors (Lipinski definition) is 0. The van der Waals surface area contributed by atoms with Gasteiger partial charge in [0.2, 0.25) is 0 Å². The lowest BCUT2D eigenvalue weighted by atomic mass is 9.51. The number of thioether (sulfide) groups is 2. The van der Waals surface area contributed by atoms with Gasteiger partial charge >= 0.3 is 17.8 Å². The molecular formula is C32H22F6O2S3. The highest BCUT2D eigenvalue weighted by Crippen LogP contribution is 2.79. The number of methoxy groups -OCH3 is 1. The molecule has 4 aromatic rings. The summed E-state index contributed by atoms with van der Waals surface area (Å²) >= 11 is 3.30. The van der Waals surface area contributed by atoms with Crippen molar-refractivity contribution in [3.8, 4) is 0 Å². The number of ether oxygens (including phenoxy) is 2. The number of benzene rings is 3. The summed E-state index contributed by atoms with van der Waals surface area (Å²) < 4.78 is 108. The zero-order valence-electron chi connectivity index (χ0n) is 22.9. The zero-order valence-corrected chi connectivity index (χ0v) is 25.3. The normalized spacial score (nSPS) is 28.2. The summed E-state index contributed by atoms with van der Waals surface area (Å²) in [5.41, 5.74) is -4.36. The predicted molar refractivity (Wildman–Crippen MR) is 158 cm³/mol. The van der Waals surface area contributed by atoms with E-state index in [9.17, 15) is 0 Å². The maximum absolute atomic E-state index is 16.0. The van der Waals surface area contributed by atoms with Crippen LogP contribution in [-0.2, 0) is 20.3 Å². The molecule has 0 saturated heterocycles. The highest BCUT2D eigenvalue weighted by molar-refractivity contribution is 8.04. The lowest BCUT2D eigenvalue weighted by molar-refractivity contribution is -0.258. The molecule has 0 N–H and O–H groups in total. The molecule has 3 aromatic carbocycles. The minimum atomic E-state index is -5.63. The van der Waals surface area contributed by atoms with Crippen molar-refractivity contribution in [2.24, 2.45) is 0 Å². The molecule has 1 aromatic heterocycles. The third kappa shape index (κ3) is 2.95. The summed E-state index contributed by atoms with van der Waals surface area (Å²) in [7, 11) is 1.42. The van der Waals surface area contributed by atoms with Crippen molar-refractivity contribution >= 4 is 55.0 Å². The van der Waals surface area contributed by atoms with Gasteiger partial charge in [0.05, 0.1) is 11.5 Å². The number of alkyl halides is 6. The van der Waals surface area contributed by atoms with Crippen LogP contribution in [0.3, 0.4) is 0 Å². The van der Waals surface area contributed by atoms with Gasteiger partial charge in [-0.1, -0.05) is 59.9 Å². The van der Waals surface area contributed by atoms with Gasteiger partial charge in [0.15, 0.2) is 0 Å². The van der Waals surface area contributed by atoms with E-state index in [-0.39, 0.29) is 16.6 Å². The van der Waals surface area contributed by atoms with E-state index in [1.165, 1.54) is 18.4 Å². The highest BCUT2D eigenvalue weighted by Gasteiger charge is 2.85. The molecule has 1 fully saturated rings. The van der Waals surface area contributed by atoms with Gasteiger partial charge in [0, 0.05) is 63.4 Å². The van der Waals surface area contributed by atoms with Gasteiger partial charge in [0.25, 0.3) is 0 Å². The Morgan fingerprint density at radius 1 is 0.767 bits per heavy atom. The van der Waals surface area contributed by atoms with Gasteiger partial charge in [-0.25, -0.2) is 0 Å². The Labute approximate surface area is 255 Å². The number of halogens is 6. The van der Waals surface area contributed by atoms with Crippen molar-refractivity contribution in [1.82, 2.24) is 0 Å². The fourth-order valence-electron chi connectivity index (χ4n) is 7.76. The topological polar surface area (TPSA) is 18.5 Å². The Kier molecular flexibility index (Phi) is 5.63. The van der Waals surface area contributed by atoms with Crippen molar-refractivity contribution in [3.63, 3.8) is 0 Å². The smallest absolute Gasteiger partial charge is 0.359 e. The summed E-state index contributed by atoms with van der Waals surface area (Å²) in [5.74, 6) is -15.9. The van der Waals surface area contributed by atoms with Crippen molar-refractivity contribution < 1.29 is 35.8 Å². The molecule has 2 aliphatic carbocycles. The Bertz CT molecular complexity index is 1960. The number of allylic oxidation sites excluding steroid dienone is 3. The largest absolute Gasteiger partial charge is 0.380 e. The fourth-order valence-corrected chi connectivity index (χ4v) is 12.1. The van der Waals surface area contributed by atoms with Crippen LogP contribution in [0, 0.1) is 0 Å². The van der Waals surface area contributed by atoms with Crippen LogP contribution >= 0.6 is 34.9 Å². The lowest BCUT2D eigenvalue weighted by Crippen LogP contribution is -2.57. The number of fused-ring (bicyclic) bond motifs is 12. The summed E-state index contributed by atoms with van der Waals surface area (Å²) in [6.07, 6.45) is -0.946. The minimum absolute atomic E-state index is 0.184. The van der Waals surface area contributed by atoms with E-state index in [1.54, 1.807) is 44.2 Å². The average molecular weight is 649 g/mol. The molecule has 3 atom stereocenters. The van der Waals surface area contributed by atoms with Gasteiger partial charge in [-0.2, -0.15) is 26.3 Å². The standard InChI is InChI=1S/C32H22F6O2S3/c1-15(40-14-39-3)29-17-9-5-7-11-19(17)42-27(29)25-24(30(33,34)32(37,38)31(25,35)36)26-28(29,2)23-21(43-26)13-12-20-22(23)16-8-4-6-10-18(16)41-20/h4-13,15H,14H2,1-3H3/t15-,28-,29-/m0/s1. The van der Waals surface area contributed by atoms with Gasteiger partial charge in [0.1, 0.15) is 6.79 Å². The third-order valence-corrected chi connectivity index (χ3v) is 13.3. The van der Waals surface area contributed by atoms with E-state index in [4.69, 9.17) is 9.47 Å². The first-order chi connectivity index (χ1) is 20.4. The fraction of sp³-hybridized carbons (Fsp3) is 0.312. The second-order valence-corrected chi connectivity index (χ2v) is 14.6. The molecule has 8 rings (SSSR count). The van der Waals surface area contributed by atoms with E-state index in [1.807, 2.05) is 30.3 Å². The van der Waals surface area contributed by atoms with Crippen LogP contribution in [0.25, 0.3) is 20.2 Å². The van der Waals surface area contributed by atoms with Crippen LogP contribution in [0.1, 0.15) is 25.0 Å². The molecule has 43 heavy (non-hydrogen) atoms. The van der Waals surface area contributed by atoms with Gasteiger partial charge in [-0.05, 0) is 49.2 Å². The first-order valence-corrected chi connectivity index (χ1v) is 16.0. The minimum Gasteiger partial charge on any atom is -0.359 e. The van der Waals surface area contributed by atoms with E-state index in [0.717, 1.165) is 43.7 Å². The average Bonchev–Trinajstić information content (AvgIpc) is 3.64. The van der Waals surface area contributed by atoms with Gasteiger partial charge in [-0.15, -0.1) is 11.3 Å². The number of rotatable bonds is 4. The molecule has 2 aliphatic heterocycles. The van der Waals surface area contributed by atoms with E-state index in [0.29, 0.717) is 20.9 Å². The Hall–Kier alpha value is -2.44. The molecule has 11 heteroatoms. The quantitative estimate of drug-likeness (QED) is 0.162. The molecule has 0 bridgehead atoms. The molecular weight excluding hydrogens is 627 g/mol. The molecule has 2 nitrogen and oxygen atoms in total. The molecule has 1 saturated carbocycles. The first-order valence-electron chi connectivity index (χ1n) is 13.5. The van der Waals surface area contributed by atoms with Crippen LogP contribution in [-0.4, -0.2) is 37.8 Å². The predicted octanol–water partition coefficient (Wildman–Crippen LogP) is 9.91. The zero-order chi connectivity index (χ0) is 30.3. The second kappa shape index (κ2) is 8.63. The Balaban J connectivity index is 1.61. The van der Waals surface area contributed by atoms with Crippen molar-refractivity contribution in [1.29, 1.82) is 0 Å². The van der Waals surface area contributed by atoms with E-state index < -0.39 is 45.8 Å². The molecule has 3 heterocycles. The maximum Gasteiger partial charge on any atom is 0.380 e. The van der Waals surface area contributed by atoms with Crippen LogP contribution in [0.2, 0.25) is 0 Å². The maximum atomic E-state index is 16.0. The SMILES string of the molecule is COCO[C@@H](C)[C@]12C(=C3C(=C4Sc5ccc6sc7ccccc7c6c5[C@@]41C)C(F)(F)C(F)(F)C3(F)F)Sc1ccccc12. The van der Waals surface area contributed by atoms with Gasteiger partial charge in [-0.3, -0.25) is 0 Å². The second-order valence-electron chi connectivity index (χ2n) is 11.4. The third-order valence-electron chi connectivity index (χ3n) is 9.51. The van der Waals surface area contributed by atoms with Crippen LogP contribution in [0.15, 0.2) is 91.4 Å². The number of thiophene rings is 1. The van der Waals surface area contributed by atoms with Crippen molar-refractivity contribution in [3.05, 3.63) is 92.7 Å². The Morgan fingerprint density at radius 3 is 2.16 bits per heavy atom.